The molecule has 0 radical (unpaired) electrons. The Morgan fingerprint density at radius 3 is 2.71 bits per heavy atom. The molecule has 1 aliphatic rings. The normalized spacial score (nSPS) is 15.8. The quantitative estimate of drug-likeness (QED) is 0.841. The van der Waals surface area contributed by atoms with Crippen LogP contribution in [0.25, 0.3) is 0 Å². The topological polar surface area (TPSA) is 50.7 Å². The first-order chi connectivity index (χ1) is 11.6. The Morgan fingerprint density at radius 1 is 1.12 bits per heavy atom. The second-order valence-electron chi connectivity index (χ2n) is 6.06. The summed E-state index contributed by atoms with van der Waals surface area (Å²) in [5.41, 5.74) is 2.00. The van der Waals surface area contributed by atoms with Crippen LogP contribution in [-0.4, -0.2) is 30.9 Å². The third-order valence-corrected chi connectivity index (χ3v) is 4.28. The highest BCUT2D eigenvalue weighted by Crippen LogP contribution is 2.31. The first-order valence-electron chi connectivity index (χ1n) is 8.17. The third-order valence-electron chi connectivity index (χ3n) is 4.04. The SMILES string of the molecule is CC(Cc1ccc2c(c1)OCCO2)NCC(O)c1cccc(Cl)c1. The molecule has 0 aromatic heterocycles. The standard InChI is InChI=1S/C19H22ClNO3/c1-13(21-12-17(22)15-3-2-4-16(20)11-15)9-14-5-6-18-19(10-14)24-8-7-23-18/h2-6,10-11,13,17,21-22H,7-9,12H2,1H3. The van der Waals surface area contributed by atoms with Crippen molar-refractivity contribution in [2.75, 3.05) is 19.8 Å². The van der Waals surface area contributed by atoms with E-state index in [0.717, 1.165) is 23.5 Å². The molecule has 2 atom stereocenters. The van der Waals surface area contributed by atoms with E-state index in [1.807, 2.05) is 24.3 Å². The van der Waals surface area contributed by atoms with Gasteiger partial charge in [0.25, 0.3) is 0 Å². The van der Waals surface area contributed by atoms with E-state index in [1.165, 1.54) is 5.56 Å². The lowest BCUT2D eigenvalue weighted by Gasteiger charge is -2.21. The number of halogens is 1. The van der Waals surface area contributed by atoms with Gasteiger partial charge in [0, 0.05) is 17.6 Å². The fourth-order valence-electron chi connectivity index (χ4n) is 2.78. The molecule has 3 rings (SSSR count). The van der Waals surface area contributed by atoms with Crippen molar-refractivity contribution in [3.63, 3.8) is 0 Å². The van der Waals surface area contributed by atoms with Gasteiger partial charge in [0.05, 0.1) is 6.10 Å². The van der Waals surface area contributed by atoms with E-state index >= 15 is 0 Å². The van der Waals surface area contributed by atoms with Gasteiger partial charge in [-0.25, -0.2) is 0 Å². The lowest BCUT2D eigenvalue weighted by molar-refractivity contribution is 0.169. The second-order valence-corrected chi connectivity index (χ2v) is 6.50. The molecule has 0 bridgehead atoms. The molecule has 128 valence electrons. The van der Waals surface area contributed by atoms with Crippen LogP contribution in [0.15, 0.2) is 42.5 Å². The Balaban J connectivity index is 1.53. The Bertz CT molecular complexity index is 692. The molecule has 5 heteroatoms. The van der Waals surface area contributed by atoms with Crippen molar-refractivity contribution in [2.24, 2.45) is 0 Å². The molecule has 24 heavy (non-hydrogen) atoms. The average molecular weight is 348 g/mol. The molecule has 1 heterocycles. The lowest BCUT2D eigenvalue weighted by atomic mass is 10.1. The summed E-state index contributed by atoms with van der Waals surface area (Å²) in [6.45, 7) is 3.77. The number of rotatable bonds is 6. The first kappa shape index (κ1) is 17.1. The van der Waals surface area contributed by atoms with Gasteiger partial charge in [-0.05, 0) is 48.7 Å². The van der Waals surface area contributed by atoms with Crippen molar-refractivity contribution in [1.29, 1.82) is 0 Å². The van der Waals surface area contributed by atoms with E-state index in [2.05, 4.69) is 18.3 Å². The number of hydrogen-bond acceptors (Lipinski definition) is 4. The van der Waals surface area contributed by atoms with Gasteiger partial charge in [-0.3, -0.25) is 0 Å². The largest absolute Gasteiger partial charge is 0.486 e. The number of aliphatic hydroxyl groups excluding tert-OH is 1. The van der Waals surface area contributed by atoms with Crippen LogP contribution in [0.5, 0.6) is 11.5 Å². The Labute approximate surface area is 147 Å². The summed E-state index contributed by atoms with van der Waals surface area (Å²) in [6.07, 6.45) is 0.269. The van der Waals surface area contributed by atoms with Crippen molar-refractivity contribution in [3.05, 3.63) is 58.6 Å². The summed E-state index contributed by atoms with van der Waals surface area (Å²) < 4.78 is 11.2. The van der Waals surface area contributed by atoms with E-state index in [-0.39, 0.29) is 6.04 Å². The minimum Gasteiger partial charge on any atom is -0.486 e. The van der Waals surface area contributed by atoms with Crippen LogP contribution >= 0.6 is 11.6 Å². The number of fused-ring (bicyclic) bond motifs is 1. The summed E-state index contributed by atoms with van der Waals surface area (Å²) in [7, 11) is 0. The fraction of sp³-hybridized carbons (Fsp3) is 0.368. The van der Waals surface area contributed by atoms with E-state index < -0.39 is 6.10 Å². The minimum atomic E-state index is -0.577. The zero-order valence-electron chi connectivity index (χ0n) is 13.7. The second kappa shape index (κ2) is 7.88. The highest BCUT2D eigenvalue weighted by Gasteiger charge is 2.14. The molecule has 2 N–H and O–H groups in total. The van der Waals surface area contributed by atoms with Gasteiger partial charge < -0.3 is 19.9 Å². The van der Waals surface area contributed by atoms with Gasteiger partial charge in [-0.15, -0.1) is 0 Å². The minimum absolute atomic E-state index is 0.224. The zero-order valence-corrected chi connectivity index (χ0v) is 14.4. The third kappa shape index (κ3) is 4.41. The molecule has 0 aliphatic carbocycles. The van der Waals surface area contributed by atoms with Crippen LogP contribution < -0.4 is 14.8 Å². The van der Waals surface area contributed by atoms with Gasteiger partial charge in [0.1, 0.15) is 13.2 Å². The van der Waals surface area contributed by atoms with Crippen molar-refractivity contribution in [1.82, 2.24) is 5.32 Å². The summed E-state index contributed by atoms with van der Waals surface area (Å²) in [5.74, 6) is 1.62. The molecule has 2 aromatic carbocycles. The van der Waals surface area contributed by atoms with Crippen LogP contribution in [-0.2, 0) is 6.42 Å². The summed E-state index contributed by atoms with van der Waals surface area (Å²) in [6, 6.07) is 13.6. The van der Waals surface area contributed by atoms with E-state index in [1.54, 1.807) is 12.1 Å². The smallest absolute Gasteiger partial charge is 0.161 e. The number of nitrogens with one attached hydrogen (secondary N) is 1. The molecule has 0 fully saturated rings. The number of hydrogen-bond donors (Lipinski definition) is 2. The van der Waals surface area contributed by atoms with Crippen LogP contribution in [0, 0.1) is 0 Å². The molecule has 4 nitrogen and oxygen atoms in total. The van der Waals surface area contributed by atoms with Crippen LogP contribution in [0.4, 0.5) is 0 Å². The molecule has 0 saturated carbocycles. The van der Waals surface area contributed by atoms with Crippen molar-refractivity contribution in [2.45, 2.75) is 25.5 Å². The molecular formula is C19H22ClNO3. The fourth-order valence-corrected chi connectivity index (χ4v) is 2.98. The average Bonchev–Trinajstić information content (AvgIpc) is 2.59. The molecule has 2 aromatic rings. The van der Waals surface area contributed by atoms with E-state index in [0.29, 0.717) is 24.8 Å². The highest BCUT2D eigenvalue weighted by atomic mass is 35.5. The highest BCUT2D eigenvalue weighted by molar-refractivity contribution is 6.30. The van der Waals surface area contributed by atoms with Crippen molar-refractivity contribution in [3.8, 4) is 11.5 Å². The van der Waals surface area contributed by atoms with Crippen LogP contribution in [0.2, 0.25) is 5.02 Å². The van der Waals surface area contributed by atoms with Crippen LogP contribution in [0.1, 0.15) is 24.2 Å². The predicted octanol–water partition coefficient (Wildman–Crippen LogP) is 3.37. The zero-order chi connectivity index (χ0) is 16.9. The van der Waals surface area contributed by atoms with Crippen molar-refractivity contribution < 1.29 is 14.6 Å². The summed E-state index contributed by atoms with van der Waals surface area (Å²) in [5, 5.41) is 14.3. The van der Waals surface area contributed by atoms with Crippen molar-refractivity contribution >= 4 is 11.6 Å². The van der Waals surface area contributed by atoms with Gasteiger partial charge in [-0.1, -0.05) is 29.8 Å². The molecule has 0 spiro atoms. The van der Waals surface area contributed by atoms with E-state index in [9.17, 15) is 5.11 Å². The summed E-state index contributed by atoms with van der Waals surface area (Å²) in [4.78, 5) is 0. The molecule has 0 amide bonds. The number of ether oxygens (including phenoxy) is 2. The molecular weight excluding hydrogens is 326 g/mol. The van der Waals surface area contributed by atoms with Gasteiger partial charge in [0.2, 0.25) is 0 Å². The Morgan fingerprint density at radius 2 is 1.92 bits per heavy atom. The first-order valence-corrected chi connectivity index (χ1v) is 8.55. The molecule has 0 saturated heterocycles. The maximum Gasteiger partial charge on any atom is 0.161 e. The molecule has 1 aliphatic heterocycles. The maximum atomic E-state index is 10.3. The van der Waals surface area contributed by atoms with E-state index in [4.69, 9.17) is 21.1 Å². The van der Waals surface area contributed by atoms with Gasteiger partial charge in [-0.2, -0.15) is 0 Å². The number of benzene rings is 2. The predicted molar refractivity (Wildman–Crippen MR) is 95.0 cm³/mol. The molecule has 2 unspecified atom stereocenters. The summed E-state index contributed by atoms with van der Waals surface area (Å²) >= 11 is 5.96. The van der Waals surface area contributed by atoms with Gasteiger partial charge >= 0.3 is 0 Å². The lowest BCUT2D eigenvalue weighted by Crippen LogP contribution is -2.32. The van der Waals surface area contributed by atoms with Crippen LogP contribution in [0.3, 0.4) is 0 Å². The maximum absolute atomic E-state index is 10.3. The monoisotopic (exact) mass is 347 g/mol. The number of aliphatic hydroxyl groups is 1. The van der Waals surface area contributed by atoms with Gasteiger partial charge in [0.15, 0.2) is 11.5 Å². The Kier molecular flexibility index (Phi) is 5.61. The Hall–Kier alpha value is -1.75.